The molecule has 0 bridgehead atoms. The number of hydrogen-bond acceptors (Lipinski definition) is 8. The maximum Gasteiger partial charge on any atom is 0.261 e. The topological polar surface area (TPSA) is 136 Å². The van der Waals surface area contributed by atoms with Crippen LogP contribution < -0.4 is 15.6 Å². The fourth-order valence-electron chi connectivity index (χ4n) is 3.79. The molecule has 3 N–H and O–H groups in total. The molecule has 4 aromatic heterocycles. The lowest BCUT2D eigenvalue weighted by Crippen LogP contribution is -2.22. The molecule has 11 nitrogen and oxygen atoms in total. The number of nitrogens with one attached hydrogen (secondary N) is 3. The van der Waals surface area contributed by atoms with Crippen molar-refractivity contribution in [2.45, 2.75) is 6.04 Å². The minimum atomic E-state index is -0.425. The first-order valence-electron chi connectivity index (χ1n) is 10.2. The largest absolute Gasteiger partial charge is 0.497 e. The third-order valence-electron chi connectivity index (χ3n) is 5.27. The van der Waals surface area contributed by atoms with E-state index in [9.17, 15) is 4.79 Å². The summed E-state index contributed by atoms with van der Waals surface area (Å²) in [6.45, 7) is 0.280. The van der Waals surface area contributed by atoms with Crippen LogP contribution in [0.4, 0.5) is 5.69 Å². The molecule has 0 aliphatic carbocycles. The number of anilines is 1. The Morgan fingerprint density at radius 2 is 1.97 bits per heavy atom. The number of fused-ring (bicyclic) bond motifs is 2. The summed E-state index contributed by atoms with van der Waals surface area (Å²) in [5.41, 5.74) is 3.16. The zero-order valence-corrected chi connectivity index (χ0v) is 18.3. The van der Waals surface area contributed by atoms with Crippen LogP contribution in [-0.2, 0) is 11.8 Å². The number of imidazole rings is 1. The van der Waals surface area contributed by atoms with Gasteiger partial charge in [-0.05, 0) is 18.2 Å². The van der Waals surface area contributed by atoms with E-state index in [-0.39, 0.29) is 12.2 Å². The molecule has 0 aliphatic heterocycles. The standard InChI is InChI=1S/C22H22N8O3/c1-30-10-15-18(29-30)19(25-16(11-32-2)20-23-7-4-8-24-20)17(22(31)28-15)21-26-13-6-5-12(33-3)9-14(13)27-21/h4-10,16,25H,11H2,1-3H3,(H,26,27)(H,28,31)/t16-/m1/s1. The number of H-pyrrole nitrogens is 2. The highest BCUT2D eigenvalue weighted by Gasteiger charge is 2.24. The quantitative estimate of drug-likeness (QED) is 0.347. The van der Waals surface area contributed by atoms with E-state index in [1.807, 2.05) is 18.2 Å². The molecule has 0 saturated heterocycles. The van der Waals surface area contributed by atoms with Crippen LogP contribution in [0.2, 0.25) is 0 Å². The summed E-state index contributed by atoms with van der Waals surface area (Å²) in [6, 6.07) is 6.80. The minimum Gasteiger partial charge on any atom is -0.497 e. The van der Waals surface area contributed by atoms with Crippen LogP contribution in [-0.4, -0.2) is 55.5 Å². The number of rotatable bonds is 7. The van der Waals surface area contributed by atoms with Gasteiger partial charge in [-0.15, -0.1) is 0 Å². The van der Waals surface area contributed by atoms with E-state index < -0.39 is 6.04 Å². The minimum absolute atomic E-state index is 0.280. The lowest BCUT2D eigenvalue weighted by molar-refractivity contribution is 0.184. The van der Waals surface area contributed by atoms with Crippen molar-refractivity contribution in [1.29, 1.82) is 0 Å². The second-order valence-electron chi connectivity index (χ2n) is 7.50. The number of pyridine rings is 1. The van der Waals surface area contributed by atoms with Crippen molar-refractivity contribution in [2.75, 3.05) is 26.1 Å². The van der Waals surface area contributed by atoms with Crippen molar-refractivity contribution >= 4 is 27.8 Å². The number of nitrogens with zero attached hydrogens (tertiary/aromatic N) is 5. The number of benzene rings is 1. The normalized spacial score (nSPS) is 12.3. The second-order valence-corrected chi connectivity index (χ2v) is 7.50. The van der Waals surface area contributed by atoms with Gasteiger partial charge in [0, 0.05) is 38.8 Å². The smallest absolute Gasteiger partial charge is 0.261 e. The molecule has 1 atom stereocenters. The van der Waals surface area contributed by atoms with Gasteiger partial charge in [-0.3, -0.25) is 9.48 Å². The third kappa shape index (κ3) is 3.78. The summed E-state index contributed by atoms with van der Waals surface area (Å²) in [6.07, 6.45) is 5.07. The van der Waals surface area contributed by atoms with Gasteiger partial charge >= 0.3 is 0 Å². The molecule has 5 rings (SSSR count). The number of aromatic nitrogens is 7. The van der Waals surface area contributed by atoms with Gasteiger partial charge in [0.2, 0.25) is 0 Å². The fourth-order valence-corrected chi connectivity index (χ4v) is 3.79. The maximum atomic E-state index is 13.3. The van der Waals surface area contributed by atoms with Crippen LogP contribution in [0.5, 0.6) is 5.75 Å². The second kappa shape index (κ2) is 8.36. The Kier molecular flexibility index (Phi) is 5.23. The van der Waals surface area contributed by atoms with Crippen LogP contribution in [0.15, 0.2) is 47.7 Å². The molecular formula is C22H22N8O3. The highest BCUT2D eigenvalue weighted by atomic mass is 16.5. The maximum absolute atomic E-state index is 13.3. The number of methoxy groups -OCH3 is 2. The molecule has 0 saturated carbocycles. The van der Waals surface area contributed by atoms with E-state index in [2.05, 4.69) is 35.3 Å². The van der Waals surface area contributed by atoms with Gasteiger partial charge in [0.15, 0.2) is 5.82 Å². The predicted molar refractivity (Wildman–Crippen MR) is 123 cm³/mol. The number of hydrogen-bond donors (Lipinski definition) is 3. The van der Waals surface area contributed by atoms with Gasteiger partial charge in [-0.1, -0.05) is 0 Å². The van der Waals surface area contributed by atoms with Crippen molar-refractivity contribution in [2.24, 2.45) is 7.05 Å². The highest BCUT2D eigenvalue weighted by molar-refractivity contribution is 5.96. The zero-order valence-electron chi connectivity index (χ0n) is 18.3. The number of aryl methyl sites for hydroxylation is 1. The zero-order chi connectivity index (χ0) is 22.9. The van der Waals surface area contributed by atoms with E-state index in [1.54, 1.807) is 50.6 Å². The van der Waals surface area contributed by atoms with Crippen molar-refractivity contribution in [3.63, 3.8) is 0 Å². The van der Waals surface area contributed by atoms with Gasteiger partial charge in [0.1, 0.15) is 28.7 Å². The summed E-state index contributed by atoms with van der Waals surface area (Å²) in [4.78, 5) is 32.8. The summed E-state index contributed by atoms with van der Waals surface area (Å²) < 4.78 is 12.4. The monoisotopic (exact) mass is 446 g/mol. The van der Waals surface area contributed by atoms with Crippen LogP contribution in [0.3, 0.4) is 0 Å². The van der Waals surface area contributed by atoms with Crippen molar-refractivity contribution in [3.8, 4) is 17.1 Å². The summed E-state index contributed by atoms with van der Waals surface area (Å²) >= 11 is 0. The van der Waals surface area contributed by atoms with Gasteiger partial charge < -0.3 is 24.8 Å². The molecular weight excluding hydrogens is 424 g/mol. The molecule has 0 radical (unpaired) electrons. The molecule has 0 amide bonds. The highest BCUT2D eigenvalue weighted by Crippen LogP contribution is 2.32. The fraction of sp³-hybridized carbons (Fsp3) is 0.227. The Hall–Kier alpha value is -4.25. The van der Waals surface area contributed by atoms with E-state index in [0.717, 1.165) is 5.52 Å². The van der Waals surface area contributed by atoms with Gasteiger partial charge in [-0.2, -0.15) is 5.10 Å². The average Bonchev–Trinajstić information content (AvgIpc) is 3.40. The third-order valence-corrected chi connectivity index (χ3v) is 5.27. The predicted octanol–water partition coefficient (Wildman–Crippen LogP) is 2.40. The molecule has 0 spiro atoms. The van der Waals surface area contributed by atoms with Crippen LogP contribution in [0, 0.1) is 0 Å². The SMILES string of the molecule is COC[C@@H](Nc1c(-c2nc3ccc(OC)cc3[nH]2)c(=O)[nH]c2cn(C)nc12)c1ncccn1. The molecule has 11 heteroatoms. The van der Waals surface area contributed by atoms with Gasteiger partial charge in [0.05, 0.1) is 36.0 Å². The molecule has 0 fully saturated rings. The first-order valence-corrected chi connectivity index (χ1v) is 10.2. The number of ether oxygens (including phenoxy) is 2. The Balaban J connectivity index is 1.71. The summed E-state index contributed by atoms with van der Waals surface area (Å²) in [5, 5.41) is 7.97. The van der Waals surface area contributed by atoms with Gasteiger partial charge in [0.25, 0.3) is 5.56 Å². The van der Waals surface area contributed by atoms with E-state index in [0.29, 0.717) is 45.2 Å². The molecule has 33 heavy (non-hydrogen) atoms. The van der Waals surface area contributed by atoms with Crippen molar-refractivity contribution < 1.29 is 9.47 Å². The van der Waals surface area contributed by atoms with Crippen LogP contribution >= 0.6 is 0 Å². The lowest BCUT2D eigenvalue weighted by Gasteiger charge is -2.19. The molecule has 1 aromatic carbocycles. The Morgan fingerprint density at radius 3 is 2.73 bits per heavy atom. The van der Waals surface area contributed by atoms with Crippen LogP contribution in [0.25, 0.3) is 33.5 Å². The lowest BCUT2D eigenvalue weighted by atomic mass is 10.1. The molecule has 168 valence electrons. The van der Waals surface area contributed by atoms with Crippen LogP contribution in [0.1, 0.15) is 11.9 Å². The Bertz CT molecular complexity index is 1490. The van der Waals surface area contributed by atoms with Crippen molar-refractivity contribution in [1.82, 2.24) is 34.7 Å². The van der Waals surface area contributed by atoms with E-state index in [4.69, 9.17) is 9.47 Å². The van der Waals surface area contributed by atoms with E-state index in [1.165, 1.54) is 0 Å². The number of aromatic amines is 2. The first kappa shape index (κ1) is 20.6. The summed E-state index contributed by atoms with van der Waals surface area (Å²) in [5.74, 6) is 1.62. The average molecular weight is 446 g/mol. The summed E-state index contributed by atoms with van der Waals surface area (Å²) in [7, 11) is 4.99. The Morgan fingerprint density at radius 1 is 1.15 bits per heavy atom. The van der Waals surface area contributed by atoms with Crippen molar-refractivity contribution in [3.05, 3.63) is 59.0 Å². The molecule has 5 aromatic rings. The first-order chi connectivity index (χ1) is 16.1. The van der Waals surface area contributed by atoms with E-state index >= 15 is 0 Å². The van der Waals surface area contributed by atoms with Gasteiger partial charge in [-0.25, -0.2) is 15.0 Å². The Labute approximate surface area is 187 Å². The molecule has 4 heterocycles. The molecule has 0 aliphatic rings. The molecule has 0 unspecified atom stereocenters.